The maximum absolute atomic E-state index is 13.7. The minimum atomic E-state index is -3.90. The highest BCUT2D eigenvalue weighted by molar-refractivity contribution is 7.89. The van der Waals surface area contributed by atoms with E-state index in [-0.39, 0.29) is 41.5 Å². The first-order chi connectivity index (χ1) is 17.2. The molecule has 0 bridgehead atoms. The molecule has 1 amide bonds. The van der Waals surface area contributed by atoms with Crippen molar-refractivity contribution in [1.82, 2.24) is 9.21 Å². The van der Waals surface area contributed by atoms with Crippen LogP contribution < -0.4 is 4.74 Å². The number of aliphatic hydroxyl groups is 1. The van der Waals surface area contributed by atoms with Crippen molar-refractivity contribution in [2.45, 2.75) is 63.0 Å². The molecule has 3 atom stereocenters. The van der Waals surface area contributed by atoms with Gasteiger partial charge in [0.05, 0.1) is 13.2 Å². The largest absolute Gasteiger partial charge is 0.487 e. The summed E-state index contributed by atoms with van der Waals surface area (Å²) in [5.74, 6) is 0.264. The molecular weight excluding hydrogens is 476 g/mol. The summed E-state index contributed by atoms with van der Waals surface area (Å²) >= 11 is 0. The van der Waals surface area contributed by atoms with E-state index in [1.807, 2.05) is 44.3 Å². The number of aliphatic hydroxyl groups excluding tert-OH is 1. The number of nitrogens with zero attached hydrogens (tertiary/aromatic N) is 2. The van der Waals surface area contributed by atoms with Crippen LogP contribution in [0.4, 0.5) is 0 Å². The summed E-state index contributed by atoms with van der Waals surface area (Å²) in [5.41, 5.74) is 1.81. The second-order valence-corrected chi connectivity index (χ2v) is 12.2. The number of benzene rings is 2. The number of amides is 1. The third kappa shape index (κ3) is 5.61. The summed E-state index contributed by atoms with van der Waals surface area (Å²) in [6.07, 6.45) is 4.80. The Kier molecular flexibility index (Phi) is 8.37. The number of hydrogen-bond donors (Lipinski definition) is 1. The topological polar surface area (TPSA) is 87.2 Å². The van der Waals surface area contributed by atoms with Crippen LogP contribution in [0.25, 0.3) is 11.1 Å². The molecule has 1 heterocycles. The van der Waals surface area contributed by atoms with Crippen molar-refractivity contribution in [2.75, 3.05) is 26.7 Å². The van der Waals surface area contributed by atoms with Crippen molar-refractivity contribution in [3.8, 4) is 16.9 Å². The highest BCUT2D eigenvalue weighted by atomic mass is 32.2. The molecule has 1 aliphatic carbocycles. The van der Waals surface area contributed by atoms with E-state index < -0.39 is 22.2 Å². The van der Waals surface area contributed by atoms with Gasteiger partial charge in [-0.25, -0.2) is 8.42 Å². The zero-order valence-electron chi connectivity index (χ0n) is 21.5. The summed E-state index contributed by atoms with van der Waals surface area (Å²) in [6.45, 7) is 3.93. The van der Waals surface area contributed by atoms with E-state index in [1.54, 1.807) is 30.0 Å². The minimum Gasteiger partial charge on any atom is -0.487 e. The molecule has 1 aliphatic heterocycles. The van der Waals surface area contributed by atoms with Crippen LogP contribution in [0.2, 0.25) is 0 Å². The number of fused-ring (bicyclic) bond motifs is 1. The van der Waals surface area contributed by atoms with Gasteiger partial charge in [-0.2, -0.15) is 4.31 Å². The van der Waals surface area contributed by atoms with Crippen LogP contribution >= 0.6 is 0 Å². The van der Waals surface area contributed by atoms with Gasteiger partial charge >= 0.3 is 0 Å². The highest BCUT2D eigenvalue weighted by Crippen LogP contribution is 2.36. The molecule has 0 aromatic heterocycles. The van der Waals surface area contributed by atoms with Gasteiger partial charge in [0, 0.05) is 31.5 Å². The molecule has 1 saturated carbocycles. The van der Waals surface area contributed by atoms with Crippen molar-refractivity contribution in [3.63, 3.8) is 0 Å². The van der Waals surface area contributed by atoms with Gasteiger partial charge in [0.25, 0.3) is 0 Å². The molecule has 0 saturated heterocycles. The molecule has 36 heavy (non-hydrogen) atoms. The van der Waals surface area contributed by atoms with Crippen LogP contribution in [0.15, 0.2) is 53.4 Å². The summed E-state index contributed by atoms with van der Waals surface area (Å²) in [7, 11) is -2.09. The third-order valence-corrected chi connectivity index (χ3v) is 9.58. The molecule has 196 valence electrons. The van der Waals surface area contributed by atoms with Crippen molar-refractivity contribution in [2.24, 2.45) is 11.8 Å². The number of hydrogen-bond acceptors (Lipinski definition) is 5. The van der Waals surface area contributed by atoms with Crippen LogP contribution in [0.1, 0.15) is 46.0 Å². The standard InChI is InChI=1S/C28H38N2O5S/c1-20-17-30(21(2)19-31)36(33,34)27-15-14-24(22-10-6-4-7-11-22)16-25(27)35-26(20)18-29(3)28(32)23-12-8-5-9-13-23/h4,6-7,10-11,14-16,20-21,23,26,31H,5,8-9,12-13,17-19H2,1-3H3/t20-,21-,26-/m0/s1. The van der Waals surface area contributed by atoms with Gasteiger partial charge in [-0.3, -0.25) is 4.79 Å². The van der Waals surface area contributed by atoms with Gasteiger partial charge in [0.15, 0.2) is 0 Å². The fraction of sp³-hybridized carbons (Fsp3) is 0.536. The average Bonchev–Trinajstić information content (AvgIpc) is 2.90. The minimum absolute atomic E-state index is 0.0517. The number of carbonyl (C=O) groups is 1. The Balaban J connectivity index is 1.70. The van der Waals surface area contributed by atoms with Crippen molar-refractivity contribution in [1.29, 1.82) is 0 Å². The third-order valence-electron chi connectivity index (χ3n) is 7.56. The molecule has 1 fully saturated rings. The Morgan fingerprint density at radius 3 is 2.47 bits per heavy atom. The fourth-order valence-electron chi connectivity index (χ4n) is 5.27. The molecule has 8 heteroatoms. The monoisotopic (exact) mass is 514 g/mol. The number of likely N-dealkylation sites (N-methyl/N-ethyl adjacent to an activating group) is 1. The molecule has 2 aromatic carbocycles. The van der Waals surface area contributed by atoms with Crippen LogP contribution in [-0.2, 0) is 14.8 Å². The first-order valence-corrected chi connectivity index (χ1v) is 14.4. The van der Waals surface area contributed by atoms with E-state index in [0.29, 0.717) is 6.54 Å². The quantitative estimate of drug-likeness (QED) is 0.626. The van der Waals surface area contributed by atoms with Gasteiger partial charge in [0.1, 0.15) is 16.7 Å². The highest BCUT2D eigenvalue weighted by Gasteiger charge is 2.39. The average molecular weight is 515 g/mol. The molecule has 2 aliphatic rings. The smallest absolute Gasteiger partial charge is 0.247 e. The molecule has 0 unspecified atom stereocenters. The van der Waals surface area contributed by atoms with E-state index >= 15 is 0 Å². The molecule has 2 aromatic rings. The lowest BCUT2D eigenvalue weighted by Gasteiger charge is -2.38. The van der Waals surface area contributed by atoms with E-state index in [4.69, 9.17) is 4.74 Å². The Hall–Kier alpha value is -2.42. The lowest BCUT2D eigenvalue weighted by Crippen LogP contribution is -2.50. The van der Waals surface area contributed by atoms with E-state index in [9.17, 15) is 18.3 Å². The first kappa shape index (κ1) is 26.6. The van der Waals surface area contributed by atoms with Crippen molar-refractivity contribution in [3.05, 3.63) is 48.5 Å². The van der Waals surface area contributed by atoms with Crippen molar-refractivity contribution >= 4 is 15.9 Å². The Labute approximate surface area is 215 Å². The molecular formula is C28H38N2O5S. The lowest BCUT2D eigenvalue weighted by molar-refractivity contribution is -0.136. The van der Waals surface area contributed by atoms with Crippen LogP contribution in [0.5, 0.6) is 5.75 Å². The van der Waals surface area contributed by atoms with E-state index in [1.165, 1.54) is 10.7 Å². The fourth-order valence-corrected chi connectivity index (χ4v) is 7.10. The predicted octanol–water partition coefficient (Wildman–Crippen LogP) is 4.16. The number of ether oxygens (including phenoxy) is 1. The van der Waals surface area contributed by atoms with Gasteiger partial charge in [-0.05, 0) is 43.0 Å². The maximum Gasteiger partial charge on any atom is 0.247 e. The molecule has 4 rings (SSSR count). The number of sulfonamides is 1. The first-order valence-electron chi connectivity index (χ1n) is 13.0. The van der Waals surface area contributed by atoms with E-state index in [2.05, 4.69) is 0 Å². The van der Waals surface area contributed by atoms with Gasteiger partial charge in [-0.1, -0.05) is 62.6 Å². The number of carbonyl (C=O) groups excluding carboxylic acids is 1. The van der Waals surface area contributed by atoms with Crippen LogP contribution in [0, 0.1) is 11.8 Å². The second kappa shape index (κ2) is 11.3. The molecule has 1 N–H and O–H groups in total. The van der Waals surface area contributed by atoms with Gasteiger partial charge in [0.2, 0.25) is 15.9 Å². The second-order valence-electron chi connectivity index (χ2n) is 10.3. The van der Waals surface area contributed by atoms with Crippen LogP contribution in [0.3, 0.4) is 0 Å². The Morgan fingerprint density at radius 2 is 1.81 bits per heavy atom. The van der Waals surface area contributed by atoms with Gasteiger partial charge < -0.3 is 14.7 Å². The van der Waals surface area contributed by atoms with Crippen LogP contribution in [-0.4, -0.2) is 67.5 Å². The van der Waals surface area contributed by atoms with Gasteiger partial charge in [-0.15, -0.1) is 0 Å². The molecule has 0 radical (unpaired) electrons. The summed E-state index contributed by atoms with van der Waals surface area (Å²) in [6, 6.07) is 14.3. The maximum atomic E-state index is 13.7. The lowest BCUT2D eigenvalue weighted by atomic mass is 9.88. The zero-order chi connectivity index (χ0) is 25.9. The van der Waals surface area contributed by atoms with E-state index in [0.717, 1.165) is 36.8 Å². The SMILES string of the molecule is C[C@H]1CN([C@@H](C)CO)S(=O)(=O)c2ccc(-c3ccccc3)cc2O[C@H]1CN(C)C(=O)C1CCCCC1. The summed E-state index contributed by atoms with van der Waals surface area (Å²) in [4.78, 5) is 15.0. The summed E-state index contributed by atoms with van der Waals surface area (Å²) in [5, 5.41) is 9.85. The normalized spacial score (nSPS) is 23.6. The zero-order valence-corrected chi connectivity index (χ0v) is 22.3. The molecule has 0 spiro atoms. The predicted molar refractivity (Wildman–Crippen MR) is 140 cm³/mol. The Bertz CT molecular complexity index is 1150. The number of rotatable bonds is 6. The summed E-state index contributed by atoms with van der Waals surface area (Å²) < 4.78 is 35.2. The Morgan fingerprint density at radius 1 is 1.11 bits per heavy atom. The van der Waals surface area contributed by atoms with Crippen molar-refractivity contribution < 1.29 is 23.1 Å². The molecule has 7 nitrogen and oxygen atoms in total.